The number of carbonyl (C=O) groups excluding carboxylic acids is 2. The summed E-state index contributed by atoms with van der Waals surface area (Å²) in [5.41, 5.74) is 5.55. The van der Waals surface area contributed by atoms with Gasteiger partial charge >= 0.3 is 5.97 Å². The molecule has 5 rings (SSSR count). The number of hydrogen-bond acceptors (Lipinski definition) is 4. The number of amides is 2. The van der Waals surface area contributed by atoms with Crippen molar-refractivity contribution in [1.82, 2.24) is 15.2 Å². The highest BCUT2D eigenvalue weighted by Crippen LogP contribution is 2.30. The molecule has 0 radical (unpaired) electrons. The summed E-state index contributed by atoms with van der Waals surface area (Å²) in [5.74, 6) is -1.42. The Hall–Kier alpha value is -3.81. The van der Waals surface area contributed by atoms with E-state index in [9.17, 15) is 14.4 Å². The molecule has 1 unspecified atom stereocenters. The normalized spacial score (nSPS) is 18.0. The number of fused-ring (bicyclic) bond motifs is 4. The van der Waals surface area contributed by atoms with Gasteiger partial charge in [-0.05, 0) is 41.8 Å². The summed E-state index contributed by atoms with van der Waals surface area (Å²) in [7, 11) is 1.71. The lowest BCUT2D eigenvalue weighted by Crippen LogP contribution is -2.44. The summed E-state index contributed by atoms with van der Waals surface area (Å²) in [6.45, 7) is 1.42. The lowest BCUT2D eigenvalue weighted by atomic mass is 10.0. The molecule has 164 valence electrons. The molecule has 0 fully saturated rings. The van der Waals surface area contributed by atoms with Crippen molar-refractivity contribution in [1.29, 1.82) is 0 Å². The van der Waals surface area contributed by atoms with Crippen molar-refractivity contribution in [2.24, 2.45) is 0 Å². The zero-order chi connectivity index (χ0) is 22.4. The van der Waals surface area contributed by atoms with E-state index < -0.39 is 12.0 Å². The molecule has 32 heavy (non-hydrogen) atoms. The van der Waals surface area contributed by atoms with Crippen LogP contribution in [0.3, 0.4) is 0 Å². The molecule has 0 spiro atoms. The maximum Gasteiger partial charge on any atom is 0.305 e. The molecular weight excluding hydrogens is 408 g/mol. The van der Waals surface area contributed by atoms with E-state index in [4.69, 9.17) is 5.11 Å². The van der Waals surface area contributed by atoms with E-state index in [1.54, 1.807) is 30.1 Å². The number of carboxylic acid groups (broad SMARTS) is 1. The minimum Gasteiger partial charge on any atom is -0.481 e. The minimum atomic E-state index is -1.03. The van der Waals surface area contributed by atoms with Gasteiger partial charge in [0, 0.05) is 48.0 Å². The van der Waals surface area contributed by atoms with Gasteiger partial charge in [-0.15, -0.1) is 0 Å². The van der Waals surface area contributed by atoms with E-state index in [0.29, 0.717) is 18.7 Å². The number of nitrogens with one attached hydrogen (secondary N) is 2. The van der Waals surface area contributed by atoms with Crippen LogP contribution in [-0.4, -0.2) is 52.4 Å². The number of aromatic amines is 1. The van der Waals surface area contributed by atoms with Crippen molar-refractivity contribution in [3.8, 4) is 0 Å². The second-order valence-corrected chi connectivity index (χ2v) is 8.39. The standard InChI is InChI=1S/C24H24N4O4/c1-27-20-7-6-14(10-15(20)12-25-23(31)21(27)11-22(29)30)24(32)28-9-8-17-16-4-2-3-5-18(16)26-19(17)13-28/h2-7,10,21,26H,8-9,11-13H2,1H3,(H,25,31)(H,29,30). The fourth-order valence-corrected chi connectivity index (χ4v) is 4.79. The van der Waals surface area contributed by atoms with Crippen molar-refractivity contribution in [2.75, 3.05) is 18.5 Å². The van der Waals surface area contributed by atoms with Crippen LogP contribution in [0.5, 0.6) is 0 Å². The molecule has 2 aliphatic heterocycles. The van der Waals surface area contributed by atoms with E-state index in [2.05, 4.69) is 22.4 Å². The summed E-state index contributed by atoms with van der Waals surface area (Å²) in [4.78, 5) is 43.8. The van der Waals surface area contributed by atoms with Crippen LogP contribution in [0.2, 0.25) is 0 Å². The zero-order valence-corrected chi connectivity index (χ0v) is 17.7. The maximum atomic E-state index is 13.3. The smallest absolute Gasteiger partial charge is 0.305 e. The van der Waals surface area contributed by atoms with E-state index in [-0.39, 0.29) is 24.8 Å². The molecule has 8 heteroatoms. The number of benzene rings is 2. The summed E-state index contributed by atoms with van der Waals surface area (Å²) in [6.07, 6.45) is 0.509. The van der Waals surface area contributed by atoms with Gasteiger partial charge in [0.2, 0.25) is 5.91 Å². The third-order valence-electron chi connectivity index (χ3n) is 6.47. The molecule has 1 aromatic heterocycles. The Morgan fingerprint density at radius 1 is 1.19 bits per heavy atom. The fraction of sp³-hybridized carbons (Fsp3) is 0.292. The van der Waals surface area contributed by atoms with Crippen LogP contribution in [-0.2, 0) is 29.1 Å². The van der Waals surface area contributed by atoms with Gasteiger partial charge in [0.25, 0.3) is 5.91 Å². The molecule has 0 saturated heterocycles. The molecule has 0 bridgehead atoms. The SMILES string of the molecule is CN1c2ccc(C(=O)N3CCc4c([nH]c5ccccc45)C3)cc2CNC(=O)C1CC(=O)O. The molecule has 1 atom stereocenters. The number of aliphatic carboxylic acids is 1. The van der Waals surface area contributed by atoms with E-state index in [0.717, 1.165) is 28.9 Å². The highest BCUT2D eigenvalue weighted by atomic mass is 16.4. The first-order chi connectivity index (χ1) is 15.4. The first-order valence-corrected chi connectivity index (χ1v) is 10.7. The molecule has 8 nitrogen and oxygen atoms in total. The number of carboxylic acids is 1. The number of H-pyrrole nitrogens is 1. The van der Waals surface area contributed by atoms with Crippen LogP contribution in [0.4, 0.5) is 5.69 Å². The van der Waals surface area contributed by atoms with E-state index in [1.165, 1.54) is 10.9 Å². The van der Waals surface area contributed by atoms with Crippen molar-refractivity contribution in [3.05, 3.63) is 64.8 Å². The molecule has 2 amide bonds. The number of para-hydroxylation sites is 1. The summed E-state index contributed by atoms with van der Waals surface area (Å²) in [5, 5.41) is 13.2. The highest BCUT2D eigenvalue weighted by molar-refractivity contribution is 5.96. The van der Waals surface area contributed by atoms with E-state index in [1.807, 2.05) is 17.0 Å². The fourth-order valence-electron chi connectivity index (χ4n) is 4.79. The number of likely N-dealkylation sites (N-methyl/N-ethyl adjacent to an activating group) is 1. The summed E-state index contributed by atoms with van der Waals surface area (Å²) < 4.78 is 0. The number of nitrogens with zero attached hydrogens (tertiary/aromatic N) is 2. The second-order valence-electron chi connectivity index (χ2n) is 8.39. The Morgan fingerprint density at radius 3 is 2.81 bits per heavy atom. The topological polar surface area (TPSA) is 106 Å². The molecule has 3 aromatic rings. The molecule has 0 saturated carbocycles. The van der Waals surface area contributed by atoms with Gasteiger partial charge in [-0.1, -0.05) is 18.2 Å². The average molecular weight is 432 g/mol. The zero-order valence-electron chi connectivity index (χ0n) is 17.7. The number of hydrogen-bond donors (Lipinski definition) is 3. The van der Waals surface area contributed by atoms with Gasteiger partial charge in [-0.2, -0.15) is 0 Å². The molecule has 2 aliphatic rings. The maximum absolute atomic E-state index is 13.3. The highest BCUT2D eigenvalue weighted by Gasteiger charge is 2.31. The Kier molecular flexibility index (Phi) is 4.84. The Balaban J connectivity index is 1.40. The van der Waals surface area contributed by atoms with Crippen LogP contribution in [0.1, 0.15) is 33.6 Å². The Morgan fingerprint density at radius 2 is 2.00 bits per heavy atom. The van der Waals surface area contributed by atoms with Crippen LogP contribution in [0.25, 0.3) is 10.9 Å². The summed E-state index contributed by atoms with van der Waals surface area (Å²) >= 11 is 0. The van der Waals surface area contributed by atoms with Gasteiger partial charge in [0.1, 0.15) is 6.04 Å². The molecule has 2 aromatic carbocycles. The monoisotopic (exact) mass is 432 g/mol. The van der Waals surface area contributed by atoms with Gasteiger partial charge in [0.05, 0.1) is 13.0 Å². The first-order valence-electron chi connectivity index (χ1n) is 10.7. The van der Waals surface area contributed by atoms with Crippen molar-refractivity contribution >= 4 is 34.4 Å². The Labute approximate surface area is 184 Å². The van der Waals surface area contributed by atoms with Gasteiger partial charge in [-0.3, -0.25) is 14.4 Å². The van der Waals surface area contributed by atoms with Crippen LogP contribution >= 0.6 is 0 Å². The molecule has 3 heterocycles. The largest absolute Gasteiger partial charge is 0.481 e. The first kappa shape index (κ1) is 20.1. The summed E-state index contributed by atoms with van der Waals surface area (Å²) in [6, 6.07) is 12.8. The quantitative estimate of drug-likeness (QED) is 0.589. The van der Waals surface area contributed by atoms with Crippen LogP contribution in [0.15, 0.2) is 42.5 Å². The third-order valence-corrected chi connectivity index (χ3v) is 6.47. The molecule has 0 aliphatic carbocycles. The van der Waals surface area contributed by atoms with Crippen LogP contribution in [0, 0.1) is 0 Å². The number of rotatable bonds is 3. The van der Waals surface area contributed by atoms with Crippen molar-refractivity contribution in [2.45, 2.75) is 32.0 Å². The van der Waals surface area contributed by atoms with Gasteiger partial charge < -0.3 is 25.2 Å². The predicted octanol–water partition coefficient (Wildman–Crippen LogP) is 2.28. The minimum absolute atomic E-state index is 0.0579. The third kappa shape index (κ3) is 3.37. The molecule has 3 N–H and O–H groups in total. The lowest BCUT2D eigenvalue weighted by molar-refractivity contribution is -0.139. The molecular formula is C24H24N4O4. The average Bonchev–Trinajstić information content (AvgIpc) is 3.12. The van der Waals surface area contributed by atoms with E-state index >= 15 is 0 Å². The number of carbonyl (C=O) groups is 3. The van der Waals surface area contributed by atoms with Crippen molar-refractivity contribution < 1.29 is 19.5 Å². The second kappa shape index (κ2) is 7.71. The number of aromatic nitrogens is 1. The van der Waals surface area contributed by atoms with Crippen LogP contribution < -0.4 is 10.2 Å². The van der Waals surface area contributed by atoms with Crippen molar-refractivity contribution in [3.63, 3.8) is 0 Å². The lowest BCUT2D eigenvalue weighted by Gasteiger charge is -2.28. The Bertz CT molecular complexity index is 1250. The predicted molar refractivity (Wildman–Crippen MR) is 119 cm³/mol. The van der Waals surface area contributed by atoms with Gasteiger partial charge in [-0.25, -0.2) is 0 Å². The van der Waals surface area contributed by atoms with Gasteiger partial charge in [0.15, 0.2) is 0 Å². The number of anilines is 1.